The lowest BCUT2D eigenvalue weighted by Gasteiger charge is -2.22. The Labute approximate surface area is 202 Å². The van der Waals surface area contributed by atoms with E-state index in [0.29, 0.717) is 22.5 Å². The summed E-state index contributed by atoms with van der Waals surface area (Å²) in [5, 5.41) is 17.5. The Morgan fingerprint density at radius 3 is 2.46 bits per heavy atom. The quantitative estimate of drug-likeness (QED) is 0.366. The number of rotatable bonds is 8. The summed E-state index contributed by atoms with van der Waals surface area (Å²) >= 11 is 0. The number of nitrogens with one attached hydrogen (secondary N) is 1. The summed E-state index contributed by atoms with van der Waals surface area (Å²) in [4.78, 5) is 25.0. The van der Waals surface area contributed by atoms with Crippen LogP contribution in [0.1, 0.15) is 21.7 Å². The SMILES string of the molecule is Cc1cc(C(=O)N[C@@H](Cc2ccccc2)C(O)C(N)=O)n(-c2cccc(-c3ccccc3F)c2)n1. The summed E-state index contributed by atoms with van der Waals surface area (Å²) in [5.41, 5.74) is 8.54. The van der Waals surface area contributed by atoms with Gasteiger partial charge in [-0.05, 0) is 48.7 Å². The van der Waals surface area contributed by atoms with Gasteiger partial charge in [0.15, 0.2) is 6.10 Å². The predicted molar refractivity (Wildman–Crippen MR) is 130 cm³/mol. The Hall–Kier alpha value is -4.30. The maximum absolute atomic E-state index is 14.3. The lowest BCUT2D eigenvalue weighted by Crippen LogP contribution is -2.50. The Bertz CT molecular complexity index is 1350. The van der Waals surface area contributed by atoms with Crippen molar-refractivity contribution in [3.8, 4) is 16.8 Å². The van der Waals surface area contributed by atoms with E-state index in [-0.39, 0.29) is 17.9 Å². The molecule has 1 heterocycles. The fourth-order valence-electron chi connectivity index (χ4n) is 3.91. The van der Waals surface area contributed by atoms with Gasteiger partial charge in [-0.25, -0.2) is 9.07 Å². The monoisotopic (exact) mass is 472 g/mol. The van der Waals surface area contributed by atoms with Crippen molar-refractivity contribution in [2.45, 2.75) is 25.5 Å². The number of nitrogens with two attached hydrogens (primary N) is 1. The first-order valence-electron chi connectivity index (χ1n) is 11.1. The van der Waals surface area contributed by atoms with Gasteiger partial charge in [-0.3, -0.25) is 9.59 Å². The van der Waals surface area contributed by atoms with E-state index < -0.39 is 24.0 Å². The lowest BCUT2D eigenvalue weighted by atomic mass is 10.0. The molecule has 3 aromatic carbocycles. The molecule has 1 aromatic heterocycles. The molecule has 0 aliphatic heterocycles. The van der Waals surface area contributed by atoms with Gasteiger partial charge in [-0.2, -0.15) is 5.10 Å². The minimum Gasteiger partial charge on any atom is -0.381 e. The first-order chi connectivity index (χ1) is 16.8. The van der Waals surface area contributed by atoms with Crippen LogP contribution in [-0.4, -0.2) is 38.8 Å². The zero-order chi connectivity index (χ0) is 24.9. The average molecular weight is 473 g/mol. The Balaban J connectivity index is 1.65. The van der Waals surface area contributed by atoms with E-state index in [4.69, 9.17) is 5.73 Å². The third-order valence-electron chi connectivity index (χ3n) is 5.63. The van der Waals surface area contributed by atoms with Gasteiger partial charge in [0.05, 0.1) is 17.4 Å². The number of aryl methyl sites for hydroxylation is 1. The van der Waals surface area contributed by atoms with Crippen molar-refractivity contribution in [2.24, 2.45) is 5.73 Å². The molecule has 178 valence electrons. The van der Waals surface area contributed by atoms with Gasteiger partial charge in [0, 0.05) is 5.56 Å². The third kappa shape index (κ3) is 5.44. The first-order valence-corrected chi connectivity index (χ1v) is 11.1. The van der Waals surface area contributed by atoms with E-state index in [1.807, 2.05) is 30.3 Å². The van der Waals surface area contributed by atoms with Crippen molar-refractivity contribution >= 4 is 11.8 Å². The highest BCUT2D eigenvalue weighted by molar-refractivity contribution is 5.94. The van der Waals surface area contributed by atoms with Crippen LogP contribution in [0.25, 0.3) is 16.8 Å². The fraction of sp³-hybridized carbons (Fsp3) is 0.148. The van der Waals surface area contributed by atoms with Crippen LogP contribution in [0, 0.1) is 12.7 Å². The molecule has 4 rings (SSSR count). The predicted octanol–water partition coefficient (Wildman–Crippen LogP) is 3.17. The van der Waals surface area contributed by atoms with Crippen LogP contribution in [0.15, 0.2) is 84.9 Å². The summed E-state index contributed by atoms with van der Waals surface area (Å²) in [6, 6.07) is 23.3. The second-order valence-corrected chi connectivity index (χ2v) is 8.23. The van der Waals surface area contributed by atoms with Crippen molar-refractivity contribution < 1.29 is 19.1 Å². The molecule has 2 amide bonds. The minimum absolute atomic E-state index is 0.197. The molecule has 0 saturated carbocycles. The number of aromatic nitrogens is 2. The van der Waals surface area contributed by atoms with Gasteiger partial charge in [0.25, 0.3) is 5.91 Å². The van der Waals surface area contributed by atoms with Crippen LogP contribution in [0.5, 0.6) is 0 Å². The van der Waals surface area contributed by atoms with E-state index in [1.54, 1.807) is 55.5 Å². The largest absolute Gasteiger partial charge is 0.381 e. The molecule has 7 nitrogen and oxygen atoms in total. The van der Waals surface area contributed by atoms with Crippen molar-refractivity contribution in [1.82, 2.24) is 15.1 Å². The van der Waals surface area contributed by atoms with Gasteiger partial charge in [-0.15, -0.1) is 0 Å². The molecule has 0 spiro atoms. The number of halogens is 1. The van der Waals surface area contributed by atoms with Crippen LogP contribution >= 0.6 is 0 Å². The first kappa shape index (κ1) is 23.8. The van der Waals surface area contributed by atoms with E-state index in [9.17, 15) is 19.1 Å². The molecular weight excluding hydrogens is 447 g/mol. The standard InChI is InChI=1S/C27H25FN4O3/c1-17-14-24(27(35)30-23(25(33)26(29)34)15-18-8-3-2-4-9-18)32(31-17)20-11-7-10-19(16-20)21-12-5-6-13-22(21)28/h2-14,16,23,25,33H,15H2,1H3,(H2,29,34)(H,30,35)/t23-,25?/m0/s1. The number of hydrogen-bond acceptors (Lipinski definition) is 4. The summed E-state index contributed by atoms with van der Waals surface area (Å²) in [6.45, 7) is 1.74. The minimum atomic E-state index is -1.58. The van der Waals surface area contributed by atoms with Gasteiger partial charge >= 0.3 is 0 Å². The van der Waals surface area contributed by atoms with Crippen LogP contribution in [-0.2, 0) is 11.2 Å². The average Bonchev–Trinajstić information content (AvgIpc) is 3.26. The van der Waals surface area contributed by atoms with Crippen LogP contribution < -0.4 is 11.1 Å². The van der Waals surface area contributed by atoms with Gasteiger partial charge < -0.3 is 16.2 Å². The summed E-state index contributed by atoms with van der Waals surface area (Å²) < 4.78 is 15.8. The lowest BCUT2D eigenvalue weighted by molar-refractivity contribution is -0.127. The number of hydrogen-bond donors (Lipinski definition) is 3. The molecule has 35 heavy (non-hydrogen) atoms. The highest BCUT2D eigenvalue weighted by atomic mass is 19.1. The number of aliphatic hydroxyl groups is 1. The number of nitrogens with zero attached hydrogens (tertiary/aromatic N) is 2. The van der Waals surface area contributed by atoms with Crippen LogP contribution in [0.3, 0.4) is 0 Å². The molecule has 1 unspecified atom stereocenters. The molecule has 2 atom stereocenters. The molecule has 4 N–H and O–H groups in total. The number of carbonyl (C=O) groups excluding carboxylic acids is 2. The summed E-state index contributed by atoms with van der Waals surface area (Å²) in [5.74, 6) is -1.83. The number of amides is 2. The molecule has 0 radical (unpaired) electrons. The van der Waals surface area contributed by atoms with Gasteiger partial charge in [0.1, 0.15) is 11.5 Å². The smallest absolute Gasteiger partial charge is 0.270 e. The molecule has 0 aliphatic rings. The zero-order valence-corrected chi connectivity index (χ0v) is 19.1. The molecule has 0 fully saturated rings. The number of aliphatic hydroxyl groups excluding tert-OH is 1. The molecular formula is C27H25FN4O3. The third-order valence-corrected chi connectivity index (χ3v) is 5.63. The van der Waals surface area contributed by atoms with E-state index in [2.05, 4.69) is 10.4 Å². The molecule has 0 bridgehead atoms. The van der Waals surface area contributed by atoms with E-state index >= 15 is 0 Å². The maximum Gasteiger partial charge on any atom is 0.270 e. The highest BCUT2D eigenvalue weighted by Gasteiger charge is 2.28. The Morgan fingerprint density at radius 2 is 1.74 bits per heavy atom. The number of primary amides is 1. The summed E-state index contributed by atoms with van der Waals surface area (Å²) in [6.07, 6.45) is -1.38. The van der Waals surface area contributed by atoms with Gasteiger partial charge in [0.2, 0.25) is 5.91 Å². The molecule has 8 heteroatoms. The van der Waals surface area contributed by atoms with E-state index in [0.717, 1.165) is 5.56 Å². The van der Waals surface area contributed by atoms with Crippen molar-refractivity contribution in [3.05, 3.63) is 108 Å². The fourth-order valence-corrected chi connectivity index (χ4v) is 3.91. The van der Waals surface area contributed by atoms with Crippen molar-refractivity contribution in [1.29, 1.82) is 0 Å². The second-order valence-electron chi connectivity index (χ2n) is 8.23. The molecule has 0 saturated heterocycles. The van der Waals surface area contributed by atoms with E-state index in [1.165, 1.54) is 10.7 Å². The second kappa shape index (κ2) is 10.3. The van der Waals surface area contributed by atoms with Crippen molar-refractivity contribution in [2.75, 3.05) is 0 Å². The van der Waals surface area contributed by atoms with Crippen molar-refractivity contribution in [3.63, 3.8) is 0 Å². The highest BCUT2D eigenvalue weighted by Crippen LogP contribution is 2.25. The maximum atomic E-state index is 14.3. The normalized spacial score (nSPS) is 12.7. The van der Waals surface area contributed by atoms with Crippen LogP contribution in [0.2, 0.25) is 0 Å². The zero-order valence-electron chi connectivity index (χ0n) is 19.1. The number of carbonyl (C=O) groups is 2. The topological polar surface area (TPSA) is 110 Å². The molecule has 0 aliphatic carbocycles. The van der Waals surface area contributed by atoms with Crippen LogP contribution in [0.4, 0.5) is 4.39 Å². The van der Waals surface area contributed by atoms with Gasteiger partial charge in [-0.1, -0.05) is 60.7 Å². The Kier molecular flexibility index (Phi) is 7.03. The molecule has 4 aromatic rings. The Morgan fingerprint density at radius 1 is 1.03 bits per heavy atom. The summed E-state index contributed by atoms with van der Waals surface area (Å²) in [7, 11) is 0. The number of benzene rings is 3.